The number of nitro benzene ring substituents is 1. The third kappa shape index (κ3) is 3.33. The van der Waals surface area contributed by atoms with Crippen molar-refractivity contribution in [1.82, 2.24) is 9.78 Å². The molecule has 1 aliphatic rings. The summed E-state index contributed by atoms with van der Waals surface area (Å²) in [6, 6.07) is 11.6. The Morgan fingerprint density at radius 3 is 2.69 bits per heavy atom. The van der Waals surface area contributed by atoms with Crippen LogP contribution in [0.2, 0.25) is 0 Å². The molecule has 0 radical (unpaired) electrons. The molecule has 0 saturated carbocycles. The van der Waals surface area contributed by atoms with Crippen molar-refractivity contribution >= 4 is 28.2 Å². The van der Waals surface area contributed by atoms with Crippen LogP contribution in [0.25, 0.3) is 5.69 Å². The van der Waals surface area contributed by atoms with Gasteiger partial charge in [0.25, 0.3) is 11.6 Å². The molecule has 0 fully saturated rings. The lowest BCUT2D eigenvalue weighted by molar-refractivity contribution is -0.385. The first-order valence-electron chi connectivity index (χ1n) is 8.94. The van der Waals surface area contributed by atoms with Gasteiger partial charge in [0.2, 0.25) is 0 Å². The molecule has 8 nitrogen and oxygen atoms in total. The number of hydrogen-bond acceptors (Lipinski definition) is 5. The summed E-state index contributed by atoms with van der Waals surface area (Å²) in [7, 11) is -1.08. The quantitative estimate of drug-likeness (QED) is 0.524. The van der Waals surface area contributed by atoms with Crippen LogP contribution in [0.3, 0.4) is 0 Å². The average molecular weight is 410 g/mol. The van der Waals surface area contributed by atoms with Gasteiger partial charge < -0.3 is 5.32 Å². The van der Waals surface area contributed by atoms with Crippen LogP contribution in [0.1, 0.15) is 32.7 Å². The lowest BCUT2D eigenvalue weighted by atomic mass is 10.1. The summed E-state index contributed by atoms with van der Waals surface area (Å²) in [4.78, 5) is 23.6. The van der Waals surface area contributed by atoms with Gasteiger partial charge in [-0.1, -0.05) is 24.3 Å². The van der Waals surface area contributed by atoms with E-state index < -0.39 is 21.6 Å². The van der Waals surface area contributed by atoms with E-state index in [1.54, 1.807) is 10.7 Å². The number of aryl methyl sites for hydroxylation is 1. The zero-order valence-corrected chi connectivity index (χ0v) is 16.7. The fraction of sp³-hybridized carbons (Fsp3) is 0.200. The standard InChI is InChI=1S/C20H18N4O4S/c1-12-6-5-9-17(13(12)2)23-19(15-10-29(28)11-16(15)22-23)21-20(25)14-7-3-4-8-18(14)24(26)27/h3-9H,10-11H2,1-2H3,(H,21,25)/t29-/m1/s1. The highest BCUT2D eigenvalue weighted by atomic mass is 32.2. The molecule has 29 heavy (non-hydrogen) atoms. The summed E-state index contributed by atoms with van der Waals surface area (Å²) < 4.78 is 13.7. The monoisotopic (exact) mass is 410 g/mol. The average Bonchev–Trinajstić information content (AvgIpc) is 3.21. The zero-order valence-electron chi connectivity index (χ0n) is 15.8. The minimum Gasteiger partial charge on any atom is -0.306 e. The van der Waals surface area contributed by atoms with E-state index in [4.69, 9.17) is 0 Å². The van der Waals surface area contributed by atoms with Crippen LogP contribution in [0.4, 0.5) is 11.5 Å². The van der Waals surface area contributed by atoms with Crippen LogP contribution in [-0.4, -0.2) is 24.8 Å². The van der Waals surface area contributed by atoms with Crippen LogP contribution in [0, 0.1) is 24.0 Å². The lowest BCUT2D eigenvalue weighted by Gasteiger charge is -2.14. The second kappa shape index (κ2) is 7.25. The van der Waals surface area contributed by atoms with Crippen LogP contribution in [0.5, 0.6) is 0 Å². The number of anilines is 1. The molecule has 1 aliphatic heterocycles. The Morgan fingerprint density at radius 1 is 1.17 bits per heavy atom. The third-order valence-corrected chi connectivity index (χ3v) is 6.26. The number of fused-ring (bicyclic) bond motifs is 1. The van der Waals surface area contributed by atoms with Crippen LogP contribution in [-0.2, 0) is 22.3 Å². The van der Waals surface area contributed by atoms with Crippen molar-refractivity contribution in [3.63, 3.8) is 0 Å². The predicted octanol–water partition coefficient (Wildman–Crippen LogP) is 3.41. The Labute approximate surface area is 169 Å². The number of rotatable bonds is 4. The molecule has 0 spiro atoms. The van der Waals surface area contributed by atoms with E-state index in [1.807, 2.05) is 32.0 Å². The third-order valence-electron chi connectivity index (χ3n) is 5.05. The fourth-order valence-corrected chi connectivity index (χ4v) is 4.66. The minimum absolute atomic E-state index is 0.0425. The summed E-state index contributed by atoms with van der Waals surface area (Å²) in [5, 5.41) is 18.7. The number of benzene rings is 2. The summed E-state index contributed by atoms with van der Waals surface area (Å²) in [6.45, 7) is 3.94. The van der Waals surface area contributed by atoms with E-state index in [-0.39, 0.29) is 17.0 Å². The van der Waals surface area contributed by atoms with Gasteiger partial charge in [-0.25, -0.2) is 4.68 Å². The Balaban J connectivity index is 1.82. The van der Waals surface area contributed by atoms with E-state index in [0.29, 0.717) is 22.8 Å². The van der Waals surface area contributed by atoms with E-state index in [2.05, 4.69) is 10.4 Å². The van der Waals surface area contributed by atoms with Gasteiger partial charge in [0.05, 0.1) is 27.8 Å². The SMILES string of the molecule is Cc1cccc(-n2nc3c(c2NC(=O)c2ccccc2[N+](=O)[O-])C[S@@](=O)C3)c1C. The van der Waals surface area contributed by atoms with Gasteiger partial charge in [0.15, 0.2) is 0 Å². The first kappa shape index (κ1) is 19.0. The molecule has 9 heteroatoms. The minimum atomic E-state index is -1.08. The molecule has 0 bridgehead atoms. The molecule has 2 heterocycles. The molecule has 4 rings (SSSR count). The molecule has 1 atom stereocenters. The molecule has 1 amide bonds. The van der Waals surface area contributed by atoms with Crippen molar-refractivity contribution in [2.24, 2.45) is 0 Å². The number of aromatic nitrogens is 2. The fourth-order valence-electron chi connectivity index (χ4n) is 3.40. The summed E-state index contributed by atoms with van der Waals surface area (Å²) in [6.07, 6.45) is 0. The number of para-hydroxylation sites is 1. The number of nitrogens with zero attached hydrogens (tertiary/aromatic N) is 3. The van der Waals surface area contributed by atoms with Gasteiger partial charge in [-0.15, -0.1) is 0 Å². The van der Waals surface area contributed by atoms with Gasteiger partial charge in [-0.05, 0) is 37.1 Å². The second-order valence-electron chi connectivity index (χ2n) is 6.86. The van der Waals surface area contributed by atoms with Crippen molar-refractivity contribution < 1.29 is 13.9 Å². The van der Waals surface area contributed by atoms with Crippen LogP contribution in [0.15, 0.2) is 42.5 Å². The van der Waals surface area contributed by atoms with Crippen LogP contribution < -0.4 is 5.32 Å². The Kier molecular flexibility index (Phi) is 4.75. The number of carbonyl (C=O) groups excluding carboxylic acids is 1. The Hall–Kier alpha value is -3.33. The van der Waals surface area contributed by atoms with Crippen molar-refractivity contribution in [2.45, 2.75) is 25.4 Å². The van der Waals surface area contributed by atoms with Gasteiger partial charge in [-0.3, -0.25) is 19.1 Å². The number of nitro groups is 1. The van der Waals surface area contributed by atoms with Crippen LogP contribution >= 0.6 is 0 Å². The Bertz CT molecular complexity index is 1190. The normalized spacial score (nSPS) is 15.2. The smallest absolute Gasteiger partial charge is 0.282 e. The molecule has 0 saturated heterocycles. The van der Waals surface area contributed by atoms with E-state index >= 15 is 0 Å². The summed E-state index contributed by atoms with van der Waals surface area (Å²) >= 11 is 0. The van der Waals surface area contributed by atoms with Crippen molar-refractivity contribution in [3.05, 3.63) is 80.5 Å². The molecule has 0 unspecified atom stereocenters. The molecule has 1 aromatic heterocycles. The predicted molar refractivity (Wildman–Crippen MR) is 110 cm³/mol. The van der Waals surface area contributed by atoms with Crippen molar-refractivity contribution in [3.8, 4) is 5.69 Å². The Morgan fingerprint density at radius 2 is 1.93 bits per heavy atom. The lowest BCUT2D eigenvalue weighted by Crippen LogP contribution is -2.18. The van der Waals surface area contributed by atoms with Gasteiger partial charge in [0, 0.05) is 22.4 Å². The molecular formula is C20H18N4O4S. The van der Waals surface area contributed by atoms with Gasteiger partial charge in [-0.2, -0.15) is 5.10 Å². The maximum Gasteiger partial charge on any atom is 0.282 e. The largest absolute Gasteiger partial charge is 0.306 e. The van der Waals surface area contributed by atoms with Gasteiger partial charge >= 0.3 is 0 Å². The highest BCUT2D eigenvalue weighted by Crippen LogP contribution is 2.33. The number of amides is 1. The summed E-state index contributed by atoms with van der Waals surface area (Å²) in [5.74, 6) is 0.403. The molecular weight excluding hydrogens is 392 g/mol. The highest BCUT2D eigenvalue weighted by molar-refractivity contribution is 7.83. The molecule has 1 N–H and O–H groups in total. The maximum atomic E-state index is 12.9. The summed E-state index contributed by atoms with van der Waals surface area (Å²) in [5.41, 5.74) is 3.91. The maximum absolute atomic E-state index is 12.9. The first-order valence-corrected chi connectivity index (χ1v) is 10.4. The number of nitrogens with one attached hydrogen (secondary N) is 1. The zero-order chi connectivity index (χ0) is 20.7. The number of carbonyl (C=O) groups is 1. The van der Waals surface area contributed by atoms with E-state index in [0.717, 1.165) is 16.8 Å². The molecule has 3 aromatic rings. The highest BCUT2D eigenvalue weighted by Gasteiger charge is 2.30. The first-order chi connectivity index (χ1) is 13.9. The van der Waals surface area contributed by atoms with Gasteiger partial charge in [0.1, 0.15) is 11.4 Å². The van der Waals surface area contributed by atoms with E-state index in [1.165, 1.54) is 18.2 Å². The topological polar surface area (TPSA) is 107 Å². The van der Waals surface area contributed by atoms with Crippen molar-refractivity contribution in [1.29, 1.82) is 0 Å². The molecule has 0 aliphatic carbocycles. The van der Waals surface area contributed by atoms with Crippen molar-refractivity contribution in [2.75, 3.05) is 5.32 Å². The second-order valence-corrected chi connectivity index (χ2v) is 8.32. The molecule has 2 aromatic carbocycles. The van der Waals surface area contributed by atoms with E-state index in [9.17, 15) is 19.1 Å². The number of hydrogen-bond donors (Lipinski definition) is 1. The molecule has 148 valence electrons.